The van der Waals surface area contributed by atoms with Crippen LogP contribution in [0.2, 0.25) is 0 Å². The highest BCUT2D eigenvalue weighted by molar-refractivity contribution is 9.11. The van der Waals surface area contributed by atoms with Crippen LogP contribution in [0.4, 0.5) is 17.3 Å². The van der Waals surface area contributed by atoms with Crippen LogP contribution in [0, 0.1) is 0 Å². The molecule has 2 aromatic rings. The number of aryl methyl sites for hydroxylation is 1. The molecular formula is C13H14Br2N4. The van der Waals surface area contributed by atoms with E-state index in [0.717, 1.165) is 38.5 Å². The molecule has 4 nitrogen and oxygen atoms in total. The molecule has 0 saturated carbocycles. The van der Waals surface area contributed by atoms with Gasteiger partial charge in [0, 0.05) is 28.5 Å². The van der Waals surface area contributed by atoms with Crippen molar-refractivity contribution in [2.75, 3.05) is 17.7 Å². The molecule has 0 radical (unpaired) electrons. The van der Waals surface area contributed by atoms with Crippen molar-refractivity contribution < 1.29 is 0 Å². The predicted octanol–water partition coefficient (Wildman–Crippen LogP) is 4.35. The molecule has 0 aliphatic heterocycles. The zero-order valence-electron chi connectivity index (χ0n) is 10.7. The van der Waals surface area contributed by atoms with E-state index in [4.69, 9.17) is 0 Å². The average molecular weight is 386 g/mol. The summed E-state index contributed by atoms with van der Waals surface area (Å²) in [4.78, 5) is 8.84. The van der Waals surface area contributed by atoms with Gasteiger partial charge < -0.3 is 10.6 Å². The first-order valence-electron chi connectivity index (χ1n) is 5.90. The molecule has 0 atom stereocenters. The maximum atomic E-state index is 4.47. The smallest absolute Gasteiger partial charge is 0.136 e. The van der Waals surface area contributed by atoms with E-state index in [1.807, 2.05) is 38.2 Å². The standard InChI is InChI=1S/C13H14Br2N4/c1-3-11-18-12(16-2)7-13(19-11)17-10-6-8(14)4-5-9(10)15/h4-7H,3H2,1-2H3,(H2,16,17,18,19). The lowest BCUT2D eigenvalue weighted by Gasteiger charge is -2.11. The topological polar surface area (TPSA) is 49.8 Å². The summed E-state index contributed by atoms with van der Waals surface area (Å²) >= 11 is 6.98. The fraction of sp³-hybridized carbons (Fsp3) is 0.231. The zero-order chi connectivity index (χ0) is 13.8. The molecule has 0 aliphatic rings. The fourth-order valence-corrected chi connectivity index (χ4v) is 2.29. The van der Waals surface area contributed by atoms with Crippen LogP contribution < -0.4 is 10.6 Å². The minimum Gasteiger partial charge on any atom is -0.373 e. The lowest BCUT2D eigenvalue weighted by atomic mass is 10.3. The molecule has 0 fully saturated rings. The first kappa shape index (κ1) is 14.3. The third kappa shape index (κ3) is 3.67. The Kier molecular flexibility index (Phi) is 4.76. The van der Waals surface area contributed by atoms with Crippen molar-refractivity contribution >= 4 is 49.2 Å². The van der Waals surface area contributed by atoms with Gasteiger partial charge in [-0.1, -0.05) is 22.9 Å². The SMILES string of the molecule is CCc1nc(NC)cc(Nc2cc(Br)ccc2Br)n1. The Hall–Kier alpha value is -1.14. The molecule has 2 rings (SSSR count). The van der Waals surface area contributed by atoms with Crippen molar-refractivity contribution in [2.24, 2.45) is 0 Å². The molecule has 19 heavy (non-hydrogen) atoms. The zero-order valence-corrected chi connectivity index (χ0v) is 13.8. The summed E-state index contributed by atoms with van der Waals surface area (Å²) in [6, 6.07) is 7.84. The van der Waals surface area contributed by atoms with Crippen molar-refractivity contribution in [3.05, 3.63) is 39.0 Å². The van der Waals surface area contributed by atoms with E-state index in [-0.39, 0.29) is 0 Å². The van der Waals surface area contributed by atoms with Crippen molar-refractivity contribution in [2.45, 2.75) is 13.3 Å². The number of benzene rings is 1. The maximum Gasteiger partial charge on any atom is 0.136 e. The van der Waals surface area contributed by atoms with Crippen LogP contribution in [0.3, 0.4) is 0 Å². The summed E-state index contributed by atoms with van der Waals surface area (Å²) in [6.45, 7) is 2.04. The number of aromatic nitrogens is 2. The fourth-order valence-electron chi connectivity index (χ4n) is 1.58. The highest BCUT2D eigenvalue weighted by atomic mass is 79.9. The van der Waals surface area contributed by atoms with Gasteiger partial charge >= 0.3 is 0 Å². The minimum atomic E-state index is 0.773. The van der Waals surface area contributed by atoms with Crippen molar-refractivity contribution in [3.8, 4) is 0 Å². The van der Waals surface area contributed by atoms with E-state index < -0.39 is 0 Å². The highest BCUT2D eigenvalue weighted by Gasteiger charge is 2.05. The van der Waals surface area contributed by atoms with Gasteiger partial charge in [-0.25, -0.2) is 9.97 Å². The van der Waals surface area contributed by atoms with Gasteiger partial charge in [-0.3, -0.25) is 0 Å². The Morgan fingerprint density at radius 3 is 2.53 bits per heavy atom. The molecule has 1 heterocycles. The molecule has 0 aliphatic carbocycles. The van der Waals surface area contributed by atoms with Crippen molar-refractivity contribution in [1.82, 2.24) is 9.97 Å². The number of hydrogen-bond donors (Lipinski definition) is 2. The molecule has 0 bridgehead atoms. The number of hydrogen-bond acceptors (Lipinski definition) is 4. The summed E-state index contributed by atoms with van der Waals surface area (Å²) in [7, 11) is 1.85. The van der Waals surface area contributed by atoms with Crippen LogP contribution >= 0.6 is 31.9 Å². The number of anilines is 3. The highest BCUT2D eigenvalue weighted by Crippen LogP contribution is 2.28. The Morgan fingerprint density at radius 2 is 1.84 bits per heavy atom. The average Bonchev–Trinajstić information content (AvgIpc) is 2.42. The molecular weight excluding hydrogens is 372 g/mol. The monoisotopic (exact) mass is 384 g/mol. The molecule has 100 valence electrons. The second-order valence-electron chi connectivity index (χ2n) is 3.91. The summed E-state index contributed by atoms with van der Waals surface area (Å²) in [5.74, 6) is 2.39. The van der Waals surface area contributed by atoms with Gasteiger partial charge in [0.05, 0.1) is 5.69 Å². The second-order valence-corrected chi connectivity index (χ2v) is 5.68. The van der Waals surface area contributed by atoms with E-state index in [0.29, 0.717) is 0 Å². The summed E-state index contributed by atoms with van der Waals surface area (Å²) < 4.78 is 2.00. The molecule has 6 heteroatoms. The molecule has 2 N–H and O–H groups in total. The second kappa shape index (κ2) is 6.34. The number of nitrogens with one attached hydrogen (secondary N) is 2. The van der Waals surface area contributed by atoms with Gasteiger partial charge in [-0.15, -0.1) is 0 Å². The van der Waals surface area contributed by atoms with Gasteiger partial charge in [-0.05, 0) is 34.1 Å². The van der Waals surface area contributed by atoms with Crippen molar-refractivity contribution in [3.63, 3.8) is 0 Å². The molecule has 1 aromatic carbocycles. The van der Waals surface area contributed by atoms with Crippen LogP contribution in [0.15, 0.2) is 33.2 Å². The van der Waals surface area contributed by atoms with Crippen LogP contribution in [-0.2, 0) is 6.42 Å². The van der Waals surface area contributed by atoms with E-state index in [2.05, 4.69) is 52.5 Å². The summed E-state index contributed by atoms with van der Waals surface area (Å²) in [6.07, 6.45) is 0.795. The van der Waals surface area contributed by atoms with E-state index in [1.165, 1.54) is 0 Å². The molecule has 0 spiro atoms. The van der Waals surface area contributed by atoms with Gasteiger partial charge in [0.2, 0.25) is 0 Å². The number of halogens is 2. The van der Waals surface area contributed by atoms with E-state index in [9.17, 15) is 0 Å². The molecule has 0 unspecified atom stereocenters. The first-order valence-corrected chi connectivity index (χ1v) is 7.48. The van der Waals surface area contributed by atoms with E-state index >= 15 is 0 Å². The van der Waals surface area contributed by atoms with Crippen LogP contribution in [-0.4, -0.2) is 17.0 Å². The van der Waals surface area contributed by atoms with Crippen LogP contribution in [0.25, 0.3) is 0 Å². The third-order valence-electron chi connectivity index (χ3n) is 2.54. The van der Waals surface area contributed by atoms with Crippen LogP contribution in [0.1, 0.15) is 12.7 Å². The van der Waals surface area contributed by atoms with E-state index in [1.54, 1.807) is 0 Å². The number of nitrogens with zero attached hydrogens (tertiary/aromatic N) is 2. The largest absolute Gasteiger partial charge is 0.373 e. The van der Waals surface area contributed by atoms with Gasteiger partial charge in [-0.2, -0.15) is 0 Å². The normalized spacial score (nSPS) is 10.3. The van der Waals surface area contributed by atoms with Gasteiger partial charge in [0.15, 0.2) is 0 Å². The Bertz CT molecular complexity index is 565. The first-order chi connectivity index (χ1) is 9.12. The number of rotatable bonds is 4. The lowest BCUT2D eigenvalue weighted by molar-refractivity contribution is 0.944. The molecule has 0 saturated heterocycles. The van der Waals surface area contributed by atoms with Gasteiger partial charge in [0.25, 0.3) is 0 Å². The summed E-state index contributed by atoms with van der Waals surface area (Å²) in [5.41, 5.74) is 0.956. The Labute approximate surface area is 129 Å². The van der Waals surface area contributed by atoms with Crippen LogP contribution in [0.5, 0.6) is 0 Å². The Balaban J connectivity index is 2.34. The predicted molar refractivity (Wildman–Crippen MR) is 86.1 cm³/mol. The summed E-state index contributed by atoms with van der Waals surface area (Å²) in [5, 5.41) is 6.34. The quantitative estimate of drug-likeness (QED) is 0.821. The van der Waals surface area contributed by atoms with Crippen molar-refractivity contribution in [1.29, 1.82) is 0 Å². The molecule has 0 amide bonds. The maximum absolute atomic E-state index is 4.47. The molecule has 1 aromatic heterocycles. The lowest BCUT2D eigenvalue weighted by Crippen LogP contribution is -2.03. The minimum absolute atomic E-state index is 0.773. The van der Waals surface area contributed by atoms with Gasteiger partial charge in [0.1, 0.15) is 17.5 Å². The third-order valence-corrected chi connectivity index (χ3v) is 3.72. The Morgan fingerprint density at radius 1 is 1.11 bits per heavy atom.